The van der Waals surface area contributed by atoms with E-state index in [1.165, 1.54) is 7.11 Å². The molecule has 236 valence electrons. The Bertz CT molecular complexity index is 2100. The van der Waals surface area contributed by atoms with E-state index >= 15 is 0 Å². The van der Waals surface area contributed by atoms with E-state index in [0.29, 0.717) is 33.9 Å². The highest BCUT2D eigenvalue weighted by Crippen LogP contribution is 2.50. The Labute approximate surface area is 266 Å². The fourth-order valence-corrected chi connectivity index (χ4v) is 5.86. The largest absolute Gasteiger partial charge is 0.492 e. The first-order valence-electron chi connectivity index (χ1n) is 14.5. The van der Waals surface area contributed by atoms with Gasteiger partial charge in [0.15, 0.2) is 11.6 Å². The van der Waals surface area contributed by atoms with Gasteiger partial charge in [0.2, 0.25) is 15.8 Å². The van der Waals surface area contributed by atoms with Gasteiger partial charge in [-0.15, -0.1) is 5.10 Å². The minimum atomic E-state index is -3.61. The molecule has 2 heterocycles. The van der Waals surface area contributed by atoms with Gasteiger partial charge in [0.25, 0.3) is 5.91 Å². The van der Waals surface area contributed by atoms with E-state index in [1.54, 1.807) is 71.2 Å². The summed E-state index contributed by atoms with van der Waals surface area (Å²) in [6, 6.07) is 17.7. The summed E-state index contributed by atoms with van der Waals surface area (Å²) in [6.45, 7) is 3.99. The van der Waals surface area contributed by atoms with E-state index in [1.807, 2.05) is 25.1 Å². The monoisotopic (exact) mass is 639 g/mol. The lowest BCUT2D eigenvalue weighted by Gasteiger charge is -2.19. The van der Waals surface area contributed by atoms with Crippen LogP contribution in [0, 0.1) is 6.92 Å². The van der Waals surface area contributed by atoms with Gasteiger partial charge in [-0.05, 0) is 60.6 Å². The van der Waals surface area contributed by atoms with Crippen molar-refractivity contribution in [2.75, 3.05) is 23.4 Å². The highest BCUT2D eigenvalue weighted by atomic mass is 32.2. The fraction of sp³-hybridized carbons (Fsp3) is 0.242. The van der Waals surface area contributed by atoms with E-state index in [0.717, 1.165) is 30.2 Å². The van der Waals surface area contributed by atoms with Crippen LogP contribution >= 0.6 is 0 Å². The van der Waals surface area contributed by atoms with Crippen molar-refractivity contribution in [3.8, 4) is 22.8 Å². The molecule has 2 N–H and O–H groups in total. The second-order valence-electron chi connectivity index (χ2n) is 11.8. The number of carbonyl (C=O) groups is 2. The summed E-state index contributed by atoms with van der Waals surface area (Å²) in [6.07, 6.45) is 6.27. The van der Waals surface area contributed by atoms with Gasteiger partial charge in [0.1, 0.15) is 5.69 Å². The molecule has 1 aliphatic rings. The van der Waals surface area contributed by atoms with Crippen molar-refractivity contribution in [3.05, 3.63) is 101 Å². The van der Waals surface area contributed by atoms with Crippen LogP contribution in [-0.2, 0) is 22.5 Å². The van der Waals surface area contributed by atoms with Crippen molar-refractivity contribution in [1.82, 2.24) is 24.5 Å². The van der Waals surface area contributed by atoms with Crippen molar-refractivity contribution >= 4 is 33.1 Å². The van der Waals surface area contributed by atoms with Crippen LogP contribution in [0.1, 0.15) is 57.4 Å². The lowest BCUT2D eigenvalue weighted by atomic mass is 9.96. The molecular weight excluding hydrogens is 606 g/mol. The Morgan fingerprint density at radius 3 is 2.39 bits per heavy atom. The molecule has 1 fully saturated rings. The second kappa shape index (κ2) is 11.6. The summed E-state index contributed by atoms with van der Waals surface area (Å²) in [7, 11) is -0.437. The van der Waals surface area contributed by atoms with Gasteiger partial charge in [-0.25, -0.2) is 18.1 Å². The molecule has 0 atom stereocenters. The normalized spacial score (nSPS) is 13.7. The molecule has 5 aromatic rings. The number of aryl methyl sites for hydroxylation is 1. The van der Waals surface area contributed by atoms with Crippen LogP contribution in [0.5, 0.6) is 5.75 Å². The highest BCUT2D eigenvalue weighted by molar-refractivity contribution is 7.92. The van der Waals surface area contributed by atoms with Crippen LogP contribution in [0.15, 0.2) is 73.1 Å². The summed E-state index contributed by atoms with van der Waals surface area (Å²) in [5.74, 6) is -0.139. The Morgan fingerprint density at radius 1 is 1.00 bits per heavy atom. The molecule has 1 saturated carbocycles. The first-order valence-corrected chi connectivity index (χ1v) is 16.4. The standard InChI is InChI=1S/C33H33N7O5S/c1-20-11-12-22(32(42)35-24-16-23(33(2)13-14-33)17-25(30(24)45-4)37-46(5,43)44)15-27(20)40-19-26(36-38-40)28-18-34-31(39(28)3)29(41)21-9-7-6-8-10-21/h6-12,15-19,37H,13-14H2,1-5H3,(H,35,42). The number of sulfonamides is 1. The average Bonchev–Trinajstić information content (AvgIpc) is 3.40. The van der Waals surface area contributed by atoms with E-state index in [9.17, 15) is 18.0 Å². The molecule has 46 heavy (non-hydrogen) atoms. The zero-order valence-corrected chi connectivity index (χ0v) is 26.8. The van der Waals surface area contributed by atoms with E-state index in [-0.39, 0.29) is 28.5 Å². The molecule has 13 heteroatoms. The zero-order chi connectivity index (χ0) is 32.8. The predicted molar refractivity (Wildman–Crippen MR) is 174 cm³/mol. The summed E-state index contributed by atoms with van der Waals surface area (Å²) in [5.41, 5.74) is 4.86. The molecule has 6 rings (SSSR count). The molecule has 1 aliphatic carbocycles. The first kappa shape index (κ1) is 30.7. The van der Waals surface area contributed by atoms with Crippen molar-refractivity contribution in [3.63, 3.8) is 0 Å². The van der Waals surface area contributed by atoms with Crippen molar-refractivity contribution < 1.29 is 22.7 Å². The molecular formula is C33H33N7O5S. The molecule has 0 unspecified atom stereocenters. The van der Waals surface area contributed by atoms with Crippen LogP contribution < -0.4 is 14.8 Å². The average molecular weight is 640 g/mol. The molecule has 2 aromatic heterocycles. The third-order valence-corrected chi connectivity index (χ3v) is 8.83. The SMILES string of the molecule is COc1c(NC(=O)c2ccc(C)c(-n3cc(-c4cnc(C(=O)c5ccccc5)n4C)nn3)c2)cc(C2(C)CC2)cc1NS(C)(=O)=O. The van der Waals surface area contributed by atoms with Gasteiger partial charge >= 0.3 is 0 Å². The van der Waals surface area contributed by atoms with Crippen molar-refractivity contribution in [2.45, 2.75) is 32.1 Å². The maximum Gasteiger partial charge on any atom is 0.255 e. The zero-order valence-electron chi connectivity index (χ0n) is 26.0. The van der Waals surface area contributed by atoms with Gasteiger partial charge in [0.05, 0.1) is 48.5 Å². The topological polar surface area (TPSA) is 150 Å². The Kier molecular flexibility index (Phi) is 7.72. The van der Waals surface area contributed by atoms with E-state index in [4.69, 9.17) is 4.74 Å². The number of nitrogens with zero attached hydrogens (tertiary/aromatic N) is 5. The van der Waals surface area contributed by atoms with Gasteiger partial charge in [-0.3, -0.25) is 14.3 Å². The Hall–Kier alpha value is -5.30. The summed E-state index contributed by atoms with van der Waals surface area (Å²) in [5, 5.41) is 11.5. The number of hydrogen-bond donors (Lipinski definition) is 2. The van der Waals surface area contributed by atoms with E-state index in [2.05, 4.69) is 32.3 Å². The molecule has 0 aliphatic heterocycles. The smallest absolute Gasteiger partial charge is 0.255 e. The van der Waals surface area contributed by atoms with Crippen molar-refractivity contribution in [2.24, 2.45) is 7.05 Å². The number of rotatable bonds is 10. The lowest BCUT2D eigenvalue weighted by Crippen LogP contribution is -2.17. The molecule has 0 bridgehead atoms. The Morgan fingerprint density at radius 2 is 1.72 bits per heavy atom. The fourth-order valence-electron chi connectivity index (χ4n) is 5.31. The quantitative estimate of drug-likeness (QED) is 0.205. The number of aromatic nitrogens is 5. The number of hydrogen-bond acceptors (Lipinski definition) is 8. The molecule has 0 spiro atoms. The molecule has 0 radical (unpaired) electrons. The summed E-state index contributed by atoms with van der Waals surface area (Å²) >= 11 is 0. The number of amides is 1. The maximum absolute atomic E-state index is 13.6. The minimum Gasteiger partial charge on any atom is -0.492 e. The summed E-state index contributed by atoms with van der Waals surface area (Å²) < 4.78 is 35.6. The predicted octanol–water partition coefficient (Wildman–Crippen LogP) is 4.89. The van der Waals surface area contributed by atoms with Crippen LogP contribution in [0.4, 0.5) is 11.4 Å². The maximum atomic E-state index is 13.6. The number of ketones is 1. The Balaban J connectivity index is 1.29. The third-order valence-electron chi connectivity index (χ3n) is 8.23. The van der Waals surface area contributed by atoms with Crippen LogP contribution in [0.2, 0.25) is 0 Å². The number of carbonyl (C=O) groups excluding carboxylic acids is 2. The second-order valence-corrected chi connectivity index (χ2v) is 13.5. The van der Waals surface area contributed by atoms with Gasteiger partial charge in [-0.1, -0.05) is 48.5 Å². The molecule has 1 amide bonds. The number of anilines is 2. The number of benzene rings is 3. The van der Waals surface area contributed by atoms with Gasteiger partial charge in [-0.2, -0.15) is 0 Å². The minimum absolute atomic E-state index is 0.106. The molecule has 3 aromatic carbocycles. The molecule has 0 saturated heterocycles. The highest BCUT2D eigenvalue weighted by Gasteiger charge is 2.40. The third kappa shape index (κ3) is 6.01. The van der Waals surface area contributed by atoms with Crippen LogP contribution in [-0.4, -0.2) is 58.0 Å². The number of nitrogens with one attached hydrogen (secondary N) is 2. The van der Waals surface area contributed by atoms with Gasteiger partial charge < -0.3 is 14.6 Å². The summed E-state index contributed by atoms with van der Waals surface area (Å²) in [4.78, 5) is 31.0. The molecule has 12 nitrogen and oxygen atoms in total. The lowest BCUT2D eigenvalue weighted by molar-refractivity contribution is 0.101. The van der Waals surface area contributed by atoms with E-state index < -0.39 is 15.9 Å². The van der Waals surface area contributed by atoms with Crippen LogP contribution in [0.3, 0.4) is 0 Å². The van der Waals surface area contributed by atoms with Gasteiger partial charge in [0, 0.05) is 18.2 Å². The number of imidazole rings is 1. The number of ether oxygens (including phenoxy) is 1. The number of methoxy groups -OCH3 is 1. The van der Waals surface area contributed by atoms with Crippen LogP contribution in [0.25, 0.3) is 17.1 Å². The first-order chi connectivity index (χ1) is 21.9. The van der Waals surface area contributed by atoms with Crippen molar-refractivity contribution in [1.29, 1.82) is 0 Å².